The van der Waals surface area contributed by atoms with Crippen molar-refractivity contribution in [3.8, 4) is 0 Å². The fourth-order valence-electron chi connectivity index (χ4n) is 5.48. The van der Waals surface area contributed by atoms with Crippen LogP contribution in [0.5, 0.6) is 0 Å². The minimum absolute atomic E-state index is 0.103. The van der Waals surface area contributed by atoms with Gasteiger partial charge in [-0.2, -0.15) is 0 Å². The Hall–Kier alpha value is -1.09. The highest BCUT2D eigenvalue weighted by molar-refractivity contribution is 6.24. The third-order valence-electron chi connectivity index (χ3n) is 6.05. The van der Waals surface area contributed by atoms with Crippen LogP contribution in [0.4, 0.5) is 4.39 Å². The summed E-state index contributed by atoms with van der Waals surface area (Å²) in [6.07, 6.45) is 5.56. The summed E-state index contributed by atoms with van der Waals surface area (Å²) in [5.74, 6) is 0.760. The summed E-state index contributed by atoms with van der Waals surface area (Å²) >= 11 is 6.79. The van der Waals surface area contributed by atoms with Crippen LogP contribution in [-0.4, -0.2) is 10.8 Å². The Bertz CT molecular complexity index is 613. The lowest BCUT2D eigenvalue weighted by molar-refractivity contribution is -0.175. The molecule has 4 fully saturated rings. The van der Waals surface area contributed by atoms with Crippen LogP contribution in [0.2, 0.25) is 0 Å². The van der Waals surface area contributed by atoms with Gasteiger partial charge >= 0.3 is 5.97 Å². The maximum atomic E-state index is 13.0. The molecule has 0 radical (unpaired) electrons. The van der Waals surface area contributed by atoms with E-state index in [-0.39, 0.29) is 28.2 Å². The van der Waals surface area contributed by atoms with Gasteiger partial charge in [-0.15, -0.1) is 11.6 Å². The summed E-state index contributed by atoms with van der Waals surface area (Å²) in [6, 6.07) is 6.16. The van der Waals surface area contributed by atoms with Crippen molar-refractivity contribution in [1.29, 1.82) is 0 Å². The summed E-state index contributed by atoms with van der Waals surface area (Å²) < 4.78 is 18.8. The molecule has 0 spiro atoms. The predicted octanol–water partition coefficient (Wildman–Crippen LogP) is 5.01. The summed E-state index contributed by atoms with van der Waals surface area (Å²) in [4.78, 5) is 12.7. The number of carbonyl (C=O) groups is 1. The first-order valence-corrected chi connectivity index (χ1v) is 8.91. The normalized spacial score (nSPS) is 39.3. The van der Waals surface area contributed by atoms with Crippen molar-refractivity contribution in [2.75, 3.05) is 0 Å². The molecule has 0 N–H and O–H groups in total. The van der Waals surface area contributed by atoms with Gasteiger partial charge in [0.25, 0.3) is 0 Å². The molecule has 23 heavy (non-hydrogen) atoms. The Labute approximate surface area is 141 Å². The molecular weight excluding hydrogens is 315 g/mol. The molecule has 4 heteroatoms. The van der Waals surface area contributed by atoms with E-state index in [1.165, 1.54) is 18.6 Å². The molecule has 2 unspecified atom stereocenters. The number of ether oxygens (including phenoxy) is 1. The van der Waals surface area contributed by atoms with Crippen molar-refractivity contribution in [1.82, 2.24) is 0 Å². The lowest BCUT2D eigenvalue weighted by atomic mass is 9.49. The van der Waals surface area contributed by atoms with Gasteiger partial charge in [-0.3, -0.25) is 4.79 Å². The molecule has 2 nitrogen and oxygen atoms in total. The van der Waals surface area contributed by atoms with Crippen molar-refractivity contribution < 1.29 is 13.9 Å². The average molecular weight is 337 g/mol. The van der Waals surface area contributed by atoms with Gasteiger partial charge in [-0.05, 0) is 75.0 Å². The van der Waals surface area contributed by atoms with Crippen LogP contribution >= 0.6 is 11.6 Å². The summed E-state index contributed by atoms with van der Waals surface area (Å²) in [7, 11) is 0. The Morgan fingerprint density at radius 3 is 2.39 bits per heavy atom. The molecule has 0 amide bonds. The van der Waals surface area contributed by atoms with E-state index >= 15 is 0 Å². The standard InChI is InChI=1S/C19H22ClFO2/c1-12(15-2-4-16(21)5-3-15)23-17(22)18-7-13-6-14(8-18)10-19(20,9-13)11-18/h2-5,12-14H,6-11H2,1H3/t12-,13-,14+,18?,19?/m1/s1. The first-order valence-electron chi connectivity index (χ1n) is 8.53. The molecule has 0 aliphatic heterocycles. The van der Waals surface area contributed by atoms with Crippen molar-refractivity contribution in [2.24, 2.45) is 17.3 Å². The highest BCUT2D eigenvalue weighted by atomic mass is 35.5. The average Bonchev–Trinajstić information content (AvgIpc) is 2.45. The van der Waals surface area contributed by atoms with Gasteiger partial charge in [0.2, 0.25) is 0 Å². The first-order chi connectivity index (χ1) is 10.9. The third kappa shape index (κ3) is 2.67. The molecule has 124 valence electrons. The number of hydrogen-bond acceptors (Lipinski definition) is 2. The Morgan fingerprint density at radius 2 is 1.83 bits per heavy atom. The van der Waals surface area contributed by atoms with Gasteiger partial charge in [-0.1, -0.05) is 12.1 Å². The number of halogens is 2. The molecule has 4 saturated carbocycles. The van der Waals surface area contributed by atoms with E-state index in [2.05, 4.69) is 0 Å². The largest absolute Gasteiger partial charge is 0.457 e. The van der Waals surface area contributed by atoms with Gasteiger partial charge in [-0.25, -0.2) is 4.39 Å². The second kappa shape index (κ2) is 5.20. The molecule has 0 saturated heterocycles. The lowest BCUT2D eigenvalue weighted by Crippen LogP contribution is -2.56. The summed E-state index contributed by atoms with van der Waals surface area (Å²) in [5.41, 5.74) is 0.435. The van der Waals surface area contributed by atoms with Crippen molar-refractivity contribution in [2.45, 2.75) is 56.4 Å². The van der Waals surface area contributed by atoms with Crippen molar-refractivity contribution in [3.63, 3.8) is 0 Å². The zero-order chi connectivity index (χ0) is 16.2. The SMILES string of the molecule is C[C@@H](OC(=O)C12C[C@@H]3C[C@@H](CC(Cl)(C3)C1)C2)c1ccc(F)cc1. The van der Waals surface area contributed by atoms with E-state index in [0.717, 1.165) is 37.7 Å². The second-order valence-electron chi connectivity index (χ2n) is 7.99. The fraction of sp³-hybridized carbons (Fsp3) is 0.632. The summed E-state index contributed by atoms with van der Waals surface area (Å²) in [6.45, 7) is 1.85. The minimum Gasteiger partial charge on any atom is -0.457 e. The van der Waals surface area contributed by atoms with Crippen LogP contribution in [0.1, 0.15) is 57.1 Å². The van der Waals surface area contributed by atoms with E-state index in [4.69, 9.17) is 16.3 Å². The van der Waals surface area contributed by atoms with Crippen LogP contribution in [0, 0.1) is 23.1 Å². The molecule has 4 aliphatic carbocycles. The van der Waals surface area contributed by atoms with Gasteiger partial charge < -0.3 is 4.74 Å². The Morgan fingerprint density at radius 1 is 1.22 bits per heavy atom. The van der Waals surface area contributed by atoms with Gasteiger partial charge in [0.1, 0.15) is 11.9 Å². The second-order valence-corrected chi connectivity index (χ2v) is 8.79. The summed E-state index contributed by atoms with van der Waals surface area (Å²) in [5, 5.41) is 0. The fourth-order valence-corrected chi connectivity index (χ4v) is 6.17. The van der Waals surface area contributed by atoms with E-state index in [1.54, 1.807) is 12.1 Å². The van der Waals surface area contributed by atoms with Crippen molar-refractivity contribution >= 4 is 17.6 Å². The highest BCUT2D eigenvalue weighted by Crippen LogP contribution is 2.64. The molecule has 5 rings (SSSR count). The lowest BCUT2D eigenvalue weighted by Gasteiger charge is -2.58. The Kier molecular flexibility index (Phi) is 3.49. The zero-order valence-corrected chi connectivity index (χ0v) is 14.1. The smallest absolute Gasteiger partial charge is 0.312 e. The number of alkyl halides is 1. The van der Waals surface area contributed by atoms with E-state index < -0.39 is 0 Å². The van der Waals surface area contributed by atoms with E-state index in [0.29, 0.717) is 11.8 Å². The Balaban J connectivity index is 1.51. The van der Waals surface area contributed by atoms with Crippen LogP contribution in [-0.2, 0) is 9.53 Å². The molecule has 1 aromatic carbocycles. The number of benzene rings is 1. The highest BCUT2D eigenvalue weighted by Gasteiger charge is 2.60. The van der Waals surface area contributed by atoms with Crippen molar-refractivity contribution in [3.05, 3.63) is 35.6 Å². The predicted molar refractivity (Wildman–Crippen MR) is 86.6 cm³/mol. The number of rotatable bonds is 3. The monoisotopic (exact) mass is 336 g/mol. The van der Waals surface area contributed by atoms with Crippen LogP contribution in [0.25, 0.3) is 0 Å². The topological polar surface area (TPSA) is 26.3 Å². The molecule has 0 heterocycles. The van der Waals surface area contributed by atoms with E-state index in [1.807, 2.05) is 6.92 Å². The minimum atomic E-state index is -0.389. The number of hydrogen-bond donors (Lipinski definition) is 0. The first kappa shape index (κ1) is 15.4. The van der Waals surface area contributed by atoms with E-state index in [9.17, 15) is 9.18 Å². The van der Waals surface area contributed by atoms with Crippen LogP contribution < -0.4 is 0 Å². The quantitative estimate of drug-likeness (QED) is 0.573. The molecule has 4 aliphatic rings. The maximum Gasteiger partial charge on any atom is 0.312 e. The third-order valence-corrected chi connectivity index (χ3v) is 6.49. The van der Waals surface area contributed by atoms with Crippen LogP contribution in [0.3, 0.4) is 0 Å². The number of esters is 1. The molecule has 1 aromatic rings. The van der Waals surface area contributed by atoms with Gasteiger partial charge in [0, 0.05) is 4.87 Å². The maximum absolute atomic E-state index is 13.0. The molecule has 5 atom stereocenters. The zero-order valence-electron chi connectivity index (χ0n) is 13.4. The molecule has 4 bridgehead atoms. The van der Waals surface area contributed by atoms with Gasteiger partial charge in [0.15, 0.2) is 0 Å². The van der Waals surface area contributed by atoms with Crippen LogP contribution in [0.15, 0.2) is 24.3 Å². The molecular formula is C19H22ClFO2. The number of carbonyl (C=O) groups excluding carboxylic acids is 1. The van der Waals surface area contributed by atoms with Gasteiger partial charge in [0.05, 0.1) is 5.41 Å². The molecule has 0 aromatic heterocycles.